The largest absolute Gasteiger partial charge is 0.460 e. The third-order valence-electron chi connectivity index (χ3n) is 2.92. The van der Waals surface area contributed by atoms with Gasteiger partial charge in [0.1, 0.15) is 11.5 Å². The highest BCUT2D eigenvalue weighted by Gasteiger charge is 2.09. The Kier molecular flexibility index (Phi) is 5.92. The van der Waals surface area contributed by atoms with Crippen LogP contribution in [0.5, 0.6) is 0 Å². The average Bonchev–Trinajstić information content (AvgIpc) is 2.87. The van der Waals surface area contributed by atoms with Crippen LogP contribution in [0.3, 0.4) is 0 Å². The van der Waals surface area contributed by atoms with Crippen molar-refractivity contribution in [2.24, 2.45) is 0 Å². The summed E-state index contributed by atoms with van der Waals surface area (Å²) < 4.78 is 5.76. The molecule has 2 N–H and O–H groups in total. The zero-order valence-corrected chi connectivity index (χ0v) is 12.5. The molecule has 0 radical (unpaired) electrons. The number of benzene rings is 1. The first-order valence-electron chi connectivity index (χ1n) is 6.56. The van der Waals surface area contributed by atoms with E-state index >= 15 is 0 Å². The Labute approximate surface area is 128 Å². The number of unbranched alkanes of at least 4 members (excludes halogenated alkanes) is 1. The summed E-state index contributed by atoms with van der Waals surface area (Å²) in [6, 6.07) is 9.17. The van der Waals surface area contributed by atoms with Gasteiger partial charge in [-0.1, -0.05) is 23.2 Å². The normalized spacial score (nSPS) is 10.9. The van der Waals surface area contributed by atoms with Crippen molar-refractivity contribution in [3.63, 3.8) is 0 Å². The smallest absolute Gasteiger partial charge is 0.135 e. The third kappa shape index (κ3) is 4.25. The van der Waals surface area contributed by atoms with Crippen LogP contribution in [0.1, 0.15) is 18.6 Å². The Morgan fingerprint density at radius 3 is 2.70 bits per heavy atom. The van der Waals surface area contributed by atoms with Gasteiger partial charge >= 0.3 is 0 Å². The maximum Gasteiger partial charge on any atom is 0.135 e. The molecule has 0 unspecified atom stereocenters. The molecule has 0 saturated heterocycles. The molecular weight excluding hydrogens is 297 g/mol. The average molecular weight is 314 g/mol. The zero-order valence-electron chi connectivity index (χ0n) is 11.0. The highest BCUT2D eigenvalue weighted by atomic mass is 35.5. The molecule has 0 bridgehead atoms. The molecule has 20 heavy (non-hydrogen) atoms. The van der Waals surface area contributed by atoms with Gasteiger partial charge in [0.25, 0.3) is 0 Å². The Morgan fingerprint density at radius 2 is 1.95 bits per heavy atom. The Balaban J connectivity index is 1.95. The van der Waals surface area contributed by atoms with Gasteiger partial charge in [-0.05, 0) is 49.7 Å². The summed E-state index contributed by atoms with van der Waals surface area (Å²) in [6.07, 6.45) is 1.77. The van der Waals surface area contributed by atoms with E-state index in [1.807, 2.05) is 18.2 Å². The van der Waals surface area contributed by atoms with Crippen LogP contribution in [0.2, 0.25) is 10.0 Å². The van der Waals surface area contributed by atoms with Crippen molar-refractivity contribution in [1.29, 1.82) is 0 Å². The Morgan fingerprint density at radius 1 is 1.10 bits per heavy atom. The van der Waals surface area contributed by atoms with E-state index < -0.39 is 0 Å². The summed E-state index contributed by atoms with van der Waals surface area (Å²) in [6.45, 7) is 1.76. The van der Waals surface area contributed by atoms with Crippen molar-refractivity contribution in [3.05, 3.63) is 46.1 Å². The van der Waals surface area contributed by atoms with E-state index in [1.54, 1.807) is 12.1 Å². The first-order valence-corrected chi connectivity index (χ1v) is 7.32. The van der Waals surface area contributed by atoms with Gasteiger partial charge in [0, 0.05) is 17.2 Å². The molecule has 0 aliphatic rings. The summed E-state index contributed by atoms with van der Waals surface area (Å²) >= 11 is 12.0. The van der Waals surface area contributed by atoms with Crippen LogP contribution in [-0.4, -0.2) is 18.3 Å². The van der Waals surface area contributed by atoms with Gasteiger partial charge in [-0.2, -0.15) is 0 Å². The lowest BCUT2D eigenvalue weighted by molar-refractivity contribution is 0.283. The monoisotopic (exact) mass is 313 g/mol. The van der Waals surface area contributed by atoms with E-state index in [0.29, 0.717) is 16.6 Å². The highest BCUT2D eigenvalue weighted by molar-refractivity contribution is 6.36. The molecule has 0 amide bonds. The maximum atomic E-state index is 8.69. The topological polar surface area (TPSA) is 45.4 Å². The summed E-state index contributed by atoms with van der Waals surface area (Å²) in [4.78, 5) is 0. The number of rotatable bonds is 7. The molecule has 3 nitrogen and oxygen atoms in total. The van der Waals surface area contributed by atoms with Crippen LogP contribution in [0.4, 0.5) is 0 Å². The number of furan rings is 1. The predicted molar refractivity (Wildman–Crippen MR) is 82.2 cm³/mol. The molecule has 0 aliphatic carbocycles. The van der Waals surface area contributed by atoms with Gasteiger partial charge in [0.05, 0.1) is 11.6 Å². The molecule has 0 aliphatic heterocycles. The number of halogens is 2. The fraction of sp³-hybridized carbons (Fsp3) is 0.333. The van der Waals surface area contributed by atoms with Crippen LogP contribution >= 0.6 is 23.2 Å². The van der Waals surface area contributed by atoms with Crippen LogP contribution in [0.25, 0.3) is 11.3 Å². The van der Waals surface area contributed by atoms with Gasteiger partial charge < -0.3 is 14.8 Å². The van der Waals surface area contributed by atoms with E-state index in [-0.39, 0.29) is 6.61 Å². The van der Waals surface area contributed by atoms with Gasteiger partial charge in [-0.25, -0.2) is 0 Å². The molecule has 0 saturated carbocycles. The third-order valence-corrected chi connectivity index (χ3v) is 3.47. The van der Waals surface area contributed by atoms with Crippen molar-refractivity contribution >= 4 is 23.2 Å². The lowest BCUT2D eigenvalue weighted by atomic mass is 10.2. The van der Waals surface area contributed by atoms with E-state index in [9.17, 15) is 0 Å². The van der Waals surface area contributed by atoms with E-state index in [4.69, 9.17) is 32.7 Å². The quantitative estimate of drug-likeness (QED) is 0.756. The van der Waals surface area contributed by atoms with Crippen LogP contribution in [0.15, 0.2) is 34.7 Å². The molecular formula is C15H17Cl2NO2. The SMILES string of the molecule is OCCCCNCc1ccc(-c2ccc(Cl)cc2Cl)o1. The van der Waals surface area contributed by atoms with Crippen molar-refractivity contribution in [3.8, 4) is 11.3 Å². The van der Waals surface area contributed by atoms with Crippen LogP contribution < -0.4 is 5.32 Å². The predicted octanol–water partition coefficient (Wildman–Crippen LogP) is 4.12. The molecule has 5 heteroatoms. The number of hydrogen-bond acceptors (Lipinski definition) is 3. The minimum atomic E-state index is 0.238. The van der Waals surface area contributed by atoms with Gasteiger partial charge in [-0.15, -0.1) is 0 Å². The number of nitrogens with one attached hydrogen (secondary N) is 1. The Hall–Kier alpha value is -1.00. The standard InChI is InChI=1S/C15H17Cl2NO2/c16-11-3-5-13(14(17)9-11)15-6-4-12(20-15)10-18-7-1-2-8-19/h3-6,9,18-19H,1-2,7-8,10H2. The highest BCUT2D eigenvalue weighted by Crippen LogP contribution is 2.31. The van der Waals surface area contributed by atoms with Crippen LogP contribution in [-0.2, 0) is 6.54 Å². The lowest BCUT2D eigenvalue weighted by Crippen LogP contribution is -2.14. The summed E-state index contributed by atoms with van der Waals surface area (Å²) in [7, 11) is 0. The fourth-order valence-electron chi connectivity index (χ4n) is 1.88. The molecule has 0 fully saturated rings. The minimum absolute atomic E-state index is 0.238. The maximum absolute atomic E-state index is 8.69. The molecule has 108 valence electrons. The first-order chi connectivity index (χ1) is 9.70. The van der Waals surface area contributed by atoms with Crippen molar-refractivity contribution < 1.29 is 9.52 Å². The molecule has 1 aromatic carbocycles. The Bertz CT molecular complexity index is 555. The van der Waals surface area contributed by atoms with E-state index in [0.717, 1.165) is 36.5 Å². The van der Waals surface area contributed by atoms with Gasteiger partial charge in [0.2, 0.25) is 0 Å². The molecule has 2 rings (SSSR count). The van der Waals surface area contributed by atoms with Crippen molar-refractivity contribution in [2.75, 3.05) is 13.2 Å². The second-order valence-electron chi connectivity index (χ2n) is 4.50. The number of hydrogen-bond donors (Lipinski definition) is 2. The summed E-state index contributed by atoms with van der Waals surface area (Å²) in [5, 5.41) is 13.1. The summed E-state index contributed by atoms with van der Waals surface area (Å²) in [5.74, 6) is 1.59. The van der Waals surface area contributed by atoms with Gasteiger partial charge in [0.15, 0.2) is 0 Å². The van der Waals surface area contributed by atoms with Crippen molar-refractivity contribution in [1.82, 2.24) is 5.32 Å². The lowest BCUT2D eigenvalue weighted by Gasteiger charge is -2.03. The van der Waals surface area contributed by atoms with E-state index in [2.05, 4.69) is 5.32 Å². The molecule has 1 heterocycles. The molecule has 2 aromatic rings. The number of aliphatic hydroxyl groups is 1. The van der Waals surface area contributed by atoms with E-state index in [1.165, 1.54) is 0 Å². The van der Waals surface area contributed by atoms with Crippen molar-refractivity contribution in [2.45, 2.75) is 19.4 Å². The molecule has 1 aromatic heterocycles. The molecule has 0 spiro atoms. The zero-order chi connectivity index (χ0) is 14.4. The minimum Gasteiger partial charge on any atom is -0.460 e. The second-order valence-corrected chi connectivity index (χ2v) is 5.34. The van der Waals surface area contributed by atoms with Gasteiger partial charge in [-0.3, -0.25) is 0 Å². The first kappa shape index (κ1) is 15.4. The fourth-order valence-corrected chi connectivity index (χ4v) is 2.38. The summed E-state index contributed by atoms with van der Waals surface area (Å²) in [5.41, 5.74) is 0.836. The van der Waals surface area contributed by atoms with Crippen LogP contribution in [0, 0.1) is 0 Å². The second kappa shape index (κ2) is 7.70. The molecule has 0 atom stereocenters. The number of aliphatic hydroxyl groups excluding tert-OH is 1.